The second-order valence-corrected chi connectivity index (χ2v) is 4.70. The number of rotatable bonds is 4. The van der Waals surface area contributed by atoms with Crippen LogP contribution in [0.5, 0.6) is 0 Å². The standard InChI is InChI=1S/C11H12N4O2S/c1-6-3-8(10(16)17)15-11(14-6)12-4-9-13-7(2)5-18-9/h3,5H,4H2,1-2H3,(H,16,17)(H,12,14,15). The first-order valence-corrected chi connectivity index (χ1v) is 6.16. The summed E-state index contributed by atoms with van der Waals surface area (Å²) in [6.07, 6.45) is 0. The van der Waals surface area contributed by atoms with Crippen LogP contribution in [0.25, 0.3) is 0 Å². The van der Waals surface area contributed by atoms with Crippen LogP contribution in [0.2, 0.25) is 0 Å². The van der Waals surface area contributed by atoms with E-state index < -0.39 is 5.97 Å². The summed E-state index contributed by atoms with van der Waals surface area (Å²) >= 11 is 1.54. The van der Waals surface area contributed by atoms with Crippen molar-refractivity contribution < 1.29 is 9.90 Å². The fourth-order valence-corrected chi connectivity index (χ4v) is 2.11. The van der Waals surface area contributed by atoms with Gasteiger partial charge in [-0.05, 0) is 19.9 Å². The van der Waals surface area contributed by atoms with Crippen LogP contribution in [-0.4, -0.2) is 26.0 Å². The third kappa shape index (κ3) is 3.01. The molecule has 0 fully saturated rings. The highest BCUT2D eigenvalue weighted by molar-refractivity contribution is 7.09. The Hall–Kier alpha value is -2.02. The van der Waals surface area contributed by atoms with Crippen LogP contribution >= 0.6 is 11.3 Å². The normalized spacial score (nSPS) is 10.3. The van der Waals surface area contributed by atoms with Gasteiger partial charge >= 0.3 is 5.97 Å². The molecule has 0 aromatic carbocycles. The first kappa shape index (κ1) is 12.4. The van der Waals surface area contributed by atoms with Gasteiger partial charge in [0.15, 0.2) is 5.69 Å². The summed E-state index contributed by atoms with van der Waals surface area (Å²) in [5.41, 5.74) is 1.56. The van der Waals surface area contributed by atoms with Crippen molar-refractivity contribution in [3.8, 4) is 0 Å². The van der Waals surface area contributed by atoms with Crippen LogP contribution in [0.15, 0.2) is 11.4 Å². The number of nitrogens with one attached hydrogen (secondary N) is 1. The summed E-state index contributed by atoms with van der Waals surface area (Å²) in [6, 6.07) is 1.43. The minimum Gasteiger partial charge on any atom is -0.477 e. The molecule has 0 bridgehead atoms. The first-order valence-electron chi connectivity index (χ1n) is 5.28. The molecular weight excluding hydrogens is 252 g/mol. The number of carbonyl (C=O) groups is 1. The van der Waals surface area contributed by atoms with Gasteiger partial charge in [-0.3, -0.25) is 0 Å². The monoisotopic (exact) mass is 264 g/mol. The van der Waals surface area contributed by atoms with E-state index in [0.717, 1.165) is 10.7 Å². The Kier molecular flexibility index (Phi) is 3.52. The van der Waals surface area contributed by atoms with Gasteiger partial charge in [-0.1, -0.05) is 0 Å². The maximum Gasteiger partial charge on any atom is 0.354 e. The number of anilines is 1. The van der Waals surface area contributed by atoms with Gasteiger partial charge in [-0.15, -0.1) is 11.3 Å². The third-order valence-corrected chi connectivity index (χ3v) is 3.10. The van der Waals surface area contributed by atoms with Gasteiger partial charge in [0.05, 0.1) is 6.54 Å². The lowest BCUT2D eigenvalue weighted by molar-refractivity contribution is 0.0690. The zero-order valence-corrected chi connectivity index (χ0v) is 10.8. The molecule has 2 rings (SSSR count). The zero-order chi connectivity index (χ0) is 13.1. The molecule has 0 saturated heterocycles. The van der Waals surface area contributed by atoms with Crippen molar-refractivity contribution in [1.29, 1.82) is 0 Å². The van der Waals surface area contributed by atoms with E-state index in [1.807, 2.05) is 12.3 Å². The molecule has 0 aliphatic rings. The summed E-state index contributed by atoms with van der Waals surface area (Å²) in [7, 11) is 0. The van der Waals surface area contributed by atoms with E-state index in [0.29, 0.717) is 18.2 Å². The van der Waals surface area contributed by atoms with E-state index in [1.165, 1.54) is 17.4 Å². The number of thiazole rings is 1. The van der Waals surface area contributed by atoms with Crippen LogP contribution in [0.3, 0.4) is 0 Å². The van der Waals surface area contributed by atoms with E-state index in [4.69, 9.17) is 5.11 Å². The fraction of sp³-hybridized carbons (Fsp3) is 0.273. The van der Waals surface area contributed by atoms with Crippen LogP contribution < -0.4 is 5.32 Å². The molecule has 2 N–H and O–H groups in total. The number of carboxylic acid groups (broad SMARTS) is 1. The van der Waals surface area contributed by atoms with Crippen molar-refractivity contribution in [3.05, 3.63) is 33.5 Å². The van der Waals surface area contributed by atoms with Crippen LogP contribution in [0.4, 0.5) is 5.95 Å². The van der Waals surface area contributed by atoms with Gasteiger partial charge in [0.1, 0.15) is 5.01 Å². The van der Waals surface area contributed by atoms with Gasteiger partial charge in [-0.25, -0.2) is 19.7 Å². The van der Waals surface area contributed by atoms with E-state index >= 15 is 0 Å². The maximum atomic E-state index is 10.9. The van der Waals surface area contributed by atoms with Crippen LogP contribution in [0, 0.1) is 13.8 Å². The Morgan fingerprint density at radius 1 is 1.33 bits per heavy atom. The molecule has 2 aromatic heterocycles. The highest BCUT2D eigenvalue weighted by Crippen LogP contribution is 2.11. The fourth-order valence-electron chi connectivity index (χ4n) is 1.40. The SMILES string of the molecule is Cc1cc(C(=O)O)nc(NCc2nc(C)cs2)n1. The number of nitrogens with zero attached hydrogens (tertiary/aromatic N) is 3. The molecule has 0 radical (unpaired) electrons. The molecule has 7 heteroatoms. The number of aromatic carboxylic acids is 1. The van der Waals surface area contributed by atoms with Crippen molar-refractivity contribution in [2.24, 2.45) is 0 Å². The number of aromatic nitrogens is 3. The van der Waals surface area contributed by atoms with E-state index in [-0.39, 0.29) is 5.69 Å². The summed E-state index contributed by atoms with van der Waals surface area (Å²) < 4.78 is 0. The maximum absolute atomic E-state index is 10.9. The topological polar surface area (TPSA) is 88.0 Å². The lowest BCUT2D eigenvalue weighted by atomic mass is 10.3. The Morgan fingerprint density at radius 2 is 2.11 bits per heavy atom. The molecule has 0 aliphatic heterocycles. The molecule has 0 atom stereocenters. The molecule has 0 spiro atoms. The Morgan fingerprint density at radius 3 is 2.72 bits per heavy atom. The Bertz CT molecular complexity index is 582. The Labute approximate surface area is 108 Å². The van der Waals surface area contributed by atoms with Crippen molar-refractivity contribution in [1.82, 2.24) is 15.0 Å². The van der Waals surface area contributed by atoms with Crippen molar-refractivity contribution in [2.45, 2.75) is 20.4 Å². The molecule has 0 amide bonds. The van der Waals surface area contributed by atoms with Gasteiger partial charge in [0, 0.05) is 16.8 Å². The number of carboxylic acids is 1. The van der Waals surface area contributed by atoms with E-state index in [2.05, 4.69) is 20.3 Å². The number of hydrogen-bond donors (Lipinski definition) is 2. The number of hydrogen-bond acceptors (Lipinski definition) is 6. The lowest BCUT2D eigenvalue weighted by Gasteiger charge is -2.04. The molecule has 0 aliphatic carbocycles. The van der Waals surface area contributed by atoms with Gasteiger partial charge in [-0.2, -0.15) is 0 Å². The summed E-state index contributed by atoms with van der Waals surface area (Å²) in [5.74, 6) is -0.756. The smallest absolute Gasteiger partial charge is 0.354 e. The summed E-state index contributed by atoms with van der Waals surface area (Å²) in [5, 5.41) is 14.7. The highest BCUT2D eigenvalue weighted by Gasteiger charge is 2.08. The van der Waals surface area contributed by atoms with Crippen molar-refractivity contribution in [2.75, 3.05) is 5.32 Å². The predicted molar refractivity (Wildman–Crippen MR) is 67.9 cm³/mol. The molecule has 6 nitrogen and oxygen atoms in total. The van der Waals surface area contributed by atoms with Crippen LogP contribution in [0.1, 0.15) is 26.9 Å². The quantitative estimate of drug-likeness (QED) is 0.876. The van der Waals surface area contributed by atoms with Crippen LogP contribution in [-0.2, 0) is 6.54 Å². The number of aryl methyl sites for hydroxylation is 2. The first-order chi connectivity index (χ1) is 8.54. The second kappa shape index (κ2) is 5.09. The van der Waals surface area contributed by atoms with Crippen molar-refractivity contribution >= 4 is 23.3 Å². The minimum absolute atomic E-state index is 0.0136. The van der Waals surface area contributed by atoms with Gasteiger partial charge in [0.25, 0.3) is 0 Å². The molecule has 94 valence electrons. The Balaban J connectivity index is 2.11. The van der Waals surface area contributed by atoms with E-state index in [1.54, 1.807) is 6.92 Å². The molecule has 0 unspecified atom stereocenters. The highest BCUT2D eigenvalue weighted by atomic mass is 32.1. The molecular formula is C11H12N4O2S. The van der Waals surface area contributed by atoms with E-state index in [9.17, 15) is 4.79 Å². The average molecular weight is 264 g/mol. The largest absolute Gasteiger partial charge is 0.477 e. The average Bonchev–Trinajstić information content (AvgIpc) is 2.72. The molecule has 2 aromatic rings. The zero-order valence-electron chi connectivity index (χ0n) is 9.97. The molecule has 2 heterocycles. The summed E-state index contributed by atoms with van der Waals surface area (Å²) in [6.45, 7) is 4.14. The second-order valence-electron chi connectivity index (χ2n) is 3.76. The summed E-state index contributed by atoms with van der Waals surface area (Å²) in [4.78, 5) is 23.2. The lowest BCUT2D eigenvalue weighted by Crippen LogP contribution is -2.09. The molecule has 0 saturated carbocycles. The molecule has 18 heavy (non-hydrogen) atoms. The van der Waals surface area contributed by atoms with Gasteiger partial charge < -0.3 is 10.4 Å². The minimum atomic E-state index is -1.06. The third-order valence-electron chi connectivity index (χ3n) is 2.14. The van der Waals surface area contributed by atoms with Crippen molar-refractivity contribution in [3.63, 3.8) is 0 Å². The predicted octanol–water partition coefficient (Wildman–Crippen LogP) is 1.86. The van der Waals surface area contributed by atoms with Gasteiger partial charge in [0.2, 0.25) is 5.95 Å².